The van der Waals surface area contributed by atoms with E-state index in [9.17, 15) is 4.79 Å². The molecule has 2 nitrogen and oxygen atoms in total. The topological polar surface area (TPSA) is 26.3 Å². The average molecular weight is 300 g/mol. The van der Waals surface area contributed by atoms with Crippen LogP contribution in [0.15, 0.2) is 53.4 Å². The third-order valence-electron chi connectivity index (χ3n) is 3.33. The first-order valence-corrected chi connectivity index (χ1v) is 7.98. The Hall–Kier alpha value is -1.74. The van der Waals surface area contributed by atoms with Crippen LogP contribution in [0.1, 0.15) is 41.3 Å². The van der Waals surface area contributed by atoms with Gasteiger partial charge in [0.1, 0.15) is 0 Å². The molecule has 0 N–H and O–H groups in total. The number of carbonyl (C=O) groups excluding carboxylic acids is 1. The lowest BCUT2D eigenvalue weighted by molar-refractivity contribution is 0.0600. The second-order valence-electron chi connectivity index (χ2n) is 5.20. The second kappa shape index (κ2) is 7.32. The maximum Gasteiger partial charge on any atom is 0.337 e. The Balaban J connectivity index is 1.95. The molecule has 0 aromatic heterocycles. The lowest BCUT2D eigenvalue weighted by Crippen LogP contribution is -2.00. The van der Waals surface area contributed by atoms with Gasteiger partial charge >= 0.3 is 5.97 Å². The summed E-state index contributed by atoms with van der Waals surface area (Å²) in [6.45, 7) is 4.40. The number of methoxy groups -OCH3 is 1. The molecule has 0 aliphatic carbocycles. The van der Waals surface area contributed by atoms with Crippen LogP contribution in [0.4, 0.5) is 0 Å². The smallest absolute Gasteiger partial charge is 0.337 e. The fourth-order valence-corrected chi connectivity index (χ4v) is 2.82. The third kappa shape index (κ3) is 4.36. The highest BCUT2D eigenvalue weighted by Gasteiger charge is 2.05. The quantitative estimate of drug-likeness (QED) is 0.581. The van der Waals surface area contributed by atoms with Crippen molar-refractivity contribution in [2.75, 3.05) is 7.11 Å². The number of carbonyl (C=O) groups is 1. The number of hydrogen-bond donors (Lipinski definition) is 0. The maximum absolute atomic E-state index is 11.4. The fraction of sp³-hybridized carbons (Fsp3) is 0.278. The summed E-state index contributed by atoms with van der Waals surface area (Å²) in [4.78, 5) is 12.6. The van der Waals surface area contributed by atoms with Gasteiger partial charge in [-0.2, -0.15) is 0 Å². The van der Waals surface area contributed by atoms with Crippen molar-refractivity contribution in [1.29, 1.82) is 0 Å². The first kappa shape index (κ1) is 15.6. The molecule has 3 heteroatoms. The van der Waals surface area contributed by atoms with Crippen molar-refractivity contribution < 1.29 is 9.53 Å². The van der Waals surface area contributed by atoms with Gasteiger partial charge in [0, 0.05) is 10.6 Å². The van der Waals surface area contributed by atoms with Crippen molar-refractivity contribution in [2.45, 2.75) is 30.4 Å². The fourth-order valence-electron chi connectivity index (χ4n) is 1.97. The van der Waals surface area contributed by atoms with Gasteiger partial charge in [0.05, 0.1) is 12.7 Å². The van der Waals surface area contributed by atoms with Gasteiger partial charge in [-0.15, -0.1) is 11.8 Å². The lowest BCUT2D eigenvalue weighted by Gasteiger charge is -2.07. The summed E-state index contributed by atoms with van der Waals surface area (Å²) in [7, 11) is 1.40. The summed E-state index contributed by atoms with van der Waals surface area (Å²) in [5.41, 5.74) is 3.15. The molecular weight excluding hydrogens is 280 g/mol. The van der Waals surface area contributed by atoms with E-state index in [0.717, 1.165) is 5.75 Å². The summed E-state index contributed by atoms with van der Waals surface area (Å²) in [6.07, 6.45) is 0. The maximum atomic E-state index is 11.4. The molecular formula is C18H20O2S. The summed E-state index contributed by atoms with van der Waals surface area (Å²) >= 11 is 1.80. The zero-order valence-corrected chi connectivity index (χ0v) is 13.4. The van der Waals surface area contributed by atoms with Crippen molar-refractivity contribution in [3.05, 3.63) is 65.2 Å². The Morgan fingerprint density at radius 3 is 2.19 bits per heavy atom. The number of rotatable bonds is 5. The van der Waals surface area contributed by atoms with Gasteiger partial charge in [-0.05, 0) is 41.3 Å². The average Bonchev–Trinajstić information content (AvgIpc) is 2.53. The molecule has 0 unspecified atom stereocenters. The van der Waals surface area contributed by atoms with E-state index in [1.165, 1.54) is 23.1 Å². The monoisotopic (exact) mass is 300 g/mol. The van der Waals surface area contributed by atoms with Crippen molar-refractivity contribution in [1.82, 2.24) is 0 Å². The molecule has 0 amide bonds. The predicted octanol–water partition coefficient (Wildman–Crippen LogP) is 4.89. The molecule has 0 saturated carbocycles. The molecule has 0 heterocycles. The first-order chi connectivity index (χ1) is 10.1. The minimum Gasteiger partial charge on any atom is -0.465 e. The van der Waals surface area contributed by atoms with Crippen LogP contribution >= 0.6 is 11.8 Å². The third-order valence-corrected chi connectivity index (χ3v) is 4.41. The van der Waals surface area contributed by atoms with Crippen molar-refractivity contribution in [3.8, 4) is 0 Å². The van der Waals surface area contributed by atoms with Crippen molar-refractivity contribution >= 4 is 17.7 Å². The zero-order chi connectivity index (χ0) is 15.2. The van der Waals surface area contributed by atoms with Crippen LogP contribution in [0.5, 0.6) is 0 Å². The Morgan fingerprint density at radius 2 is 1.67 bits per heavy atom. The molecule has 0 radical (unpaired) electrons. The minimum absolute atomic E-state index is 0.293. The van der Waals surface area contributed by atoms with Gasteiger partial charge in [-0.3, -0.25) is 0 Å². The van der Waals surface area contributed by atoms with Gasteiger partial charge in [-0.25, -0.2) is 4.79 Å². The summed E-state index contributed by atoms with van der Waals surface area (Å²) < 4.78 is 4.69. The molecule has 0 atom stereocenters. The highest BCUT2D eigenvalue weighted by Crippen LogP contribution is 2.25. The molecule has 0 aliphatic heterocycles. The van der Waals surface area contributed by atoms with Crippen LogP contribution in [0.3, 0.4) is 0 Å². The normalized spacial score (nSPS) is 10.7. The van der Waals surface area contributed by atoms with E-state index >= 15 is 0 Å². The molecule has 0 saturated heterocycles. The number of hydrogen-bond acceptors (Lipinski definition) is 3. The summed E-state index contributed by atoms with van der Waals surface area (Å²) in [6, 6.07) is 16.3. The van der Waals surface area contributed by atoms with E-state index in [0.29, 0.717) is 11.5 Å². The van der Waals surface area contributed by atoms with Crippen LogP contribution in [0.2, 0.25) is 0 Å². The van der Waals surface area contributed by atoms with Crippen LogP contribution in [0.25, 0.3) is 0 Å². The largest absolute Gasteiger partial charge is 0.465 e. The summed E-state index contributed by atoms with van der Waals surface area (Å²) in [5, 5.41) is 0. The van der Waals surface area contributed by atoms with Crippen LogP contribution < -0.4 is 0 Å². The molecule has 0 spiro atoms. The molecule has 2 rings (SSSR count). The van der Waals surface area contributed by atoms with Gasteiger partial charge in [0.15, 0.2) is 0 Å². The van der Waals surface area contributed by atoms with Gasteiger partial charge in [0.2, 0.25) is 0 Å². The molecule has 110 valence electrons. The lowest BCUT2D eigenvalue weighted by atomic mass is 10.0. The Bertz CT molecular complexity index is 586. The van der Waals surface area contributed by atoms with Crippen LogP contribution in [-0.4, -0.2) is 13.1 Å². The molecule has 0 aliphatic rings. The van der Waals surface area contributed by atoms with E-state index in [2.05, 4.69) is 38.1 Å². The zero-order valence-electron chi connectivity index (χ0n) is 12.6. The number of esters is 1. The minimum atomic E-state index is -0.293. The van der Waals surface area contributed by atoms with E-state index in [-0.39, 0.29) is 5.97 Å². The second-order valence-corrected chi connectivity index (χ2v) is 6.25. The standard InChI is InChI=1S/C18H20O2S/c1-13(2)15-8-10-17(11-9-15)21-12-14-4-6-16(7-5-14)18(19)20-3/h4-11,13H,12H2,1-3H3. The molecule has 21 heavy (non-hydrogen) atoms. The Labute approximate surface area is 130 Å². The molecule has 0 bridgehead atoms. The highest BCUT2D eigenvalue weighted by molar-refractivity contribution is 7.98. The van der Waals surface area contributed by atoms with Gasteiger partial charge in [0.25, 0.3) is 0 Å². The predicted molar refractivity (Wildman–Crippen MR) is 87.9 cm³/mol. The number of thioether (sulfide) groups is 1. The van der Waals surface area contributed by atoms with Crippen LogP contribution in [-0.2, 0) is 10.5 Å². The first-order valence-electron chi connectivity index (χ1n) is 7.00. The number of benzene rings is 2. The van der Waals surface area contributed by atoms with E-state index in [1.807, 2.05) is 24.3 Å². The van der Waals surface area contributed by atoms with Crippen LogP contribution in [0, 0.1) is 0 Å². The molecule has 2 aromatic rings. The number of ether oxygens (including phenoxy) is 1. The highest BCUT2D eigenvalue weighted by atomic mass is 32.2. The van der Waals surface area contributed by atoms with Gasteiger partial charge in [-0.1, -0.05) is 38.1 Å². The Kier molecular flexibility index (Phi) is 5.45. The van der Waals surface area contributed by atoms with E-state index < -0.39 is 0 Å². The van der Waals surface area contributed by atoms with Crippen molar-refractivity contribution in [2.24, 2.45) is 0 Å². The van der Waals surface area contributed by atoms with E-state index in [4.69, 9.17) is 4.74 Å². The SMILES string of the molecule is COC(=O)c1ccc(CSc2ccc(C(C)C)cc2)cc1. The molecule has 0 fully saturated rings. The van der Waals surface area contributed by atoms with E-state index in [1.54, 1.807) is 11.8 Å². The van der Waals surface area contributed by atoms with Crippen molar-refractivity contribution in [3.63, 3.8) is 0 Å². The molecule has 2 aromatic carbocycles. The van der Waals surface area contributed by atoms with Gasteiger partial charge < -0.3 is 4.74 Å². The Morgan fingerprint density at radius 1 is 1.05 bits per heavy atom. The summed E-state index contributed by atoms with van der Waals surface area (Å²) in [5.74, 6) is 1.16.